The predicted octanol–water partition coefficient (Wildman–Crippen LogP) is 3.89. The van der Waals surface area contributed by atoms with E-state index in [1.54, 1.807) is 0 Å². The Balaban J connectivity index is 2.50. The number of rotatable bonds is 2. The Bertz CT molecular complexity index is 503. The van der Waals surface area contributed by atoms with Gasteiger partial charge < -0.3 is 5.73 Å². The van der Waals surface area contributed by atoms with Gasteiger partial charge in [0.2, 0.25) is 0 Å². The fraction of sp³-hybridized carbons (Fsp3) is 0.167. The summed E-state index contributed by atoms with van der Waals surface area (Å²) in [7, 11) is 0. The van der Waals surface area contributed by atoms with Gasteiger partial charge in [-0.1, -0.05) is 6.07 Å². The first-order chi connectivity index (χ1) is 8.02. The quantitative estimate of drug-likeness (QED) is 0.867. The van der Waals surface area contributed by atoms with E-state index < -0.39 is 11.7 Å². The van der Waals surface area contributed by atoms with Crippen LogP contribution in [0, 0.1) is 0 Å². The Kier molecular flexibility index (Phi) is 3.22. The van der Waals surface area contributed by atoms with E-state index in [9.17, 15) is 13.2 Å². The van der Waals surface area contributed by atoms with Gasteiger partial charge >= 0.3 is 6.18 Å². The second-order valence-electron chi connectivity index (χ2n) is 3.59. The Morgan fingerprint density at radius 3 is 2.47 bits per heavy atom. The summed E-state index contributed by atoms with van der Waals surface area (Å²) < 4.78 is 37.6. The van der Waals surface area contributed by atoms with Crippen LogP contribution in [0.4, 0.5) is 13.2 Å². The molecule has 0 amide bonds. The van der Waals surface area contributed by atoms with Crippen molar-refractivity contribution in [1.82, 2.24) is 0 Å². The third-order valence-electron chi connectivity index (χ3n) is 2.48. The zero-order valence-electron chi connectivity index (χ0n) is 8.79. The van der Waals surface area contributed by atoms with E-state index in [2.05, 4.69) is 0 Å². The van der Waals surface area contributed by atoms with Crippen LogP contribution in [0.5, 0.6) is 0 Å². The van der Waals surface area contributed by atoms with Gasteiger partial charge in [0.05, 0.1) is 5.56 Å². The van der Waals surface area contributed by atoms with Crippen LogP contribution in [0.25, 0.3) is 11.1 Å². The van der Waals surface area contributed by atoms with E-state index >= 15 is 0 Å². The van der Waals surface area contributed by atoms with Crippen molar-refractivity contribution >= 4 is 11.3 Å². The van der Waals surface area contributed by atoms with Gasteiger partial charge in [-0.25, -0.2) is 0 Å². The van der Waals surface area contributed by atoms with E-state index in [1.807, 2.05) is 16.8 Å². The molecule has 0 bridgehead atoms. The molecule has 90 valence electrons. The third kappa shape index (κ3) is 2.50. The van der Waals surface area contributed by atoms with Crippen LogP contribution in [0.15, 0.2) is 35.0 Å². The lowest BCUT2D eigenvalue weighted by molar-refractivity contribution is -0.137. The van der Waals surface area contributed by atoms with Crippen LogP contribution < -0.4 is 5.73 Å². The van der Waals surface area contributed by atoms with Crippen molar-refractivity contribution in [3.05, 3.63) is 46.2 Å². The number of halogens is 3. The molecule has 2 rings (SSSR count). The average Bonchev–Trinajstić information content (AvgIpc) is 2.80. The second-order valence-corrected chi connectivity index (χ2v) is 4.37. The predicted molar refractivity (Wildman–Crippen MR) is 62.6 cm³/mol. The molecule has 2 aromatic rings. The van der Waals surface area contributed by atoms with Crippen LogP contribution in [-0.2, 0) is 12.7 Å². The molecule has 0 atom stereocenters. The van der Waals surface area contributed by atoms with Crippen molar-refractivity contribution in [2.24, 2.45) is 5.73 Å². The molecule has 0 aliphatic heterocycles. The minimum absolute atomic E-state index is 0.0924. The summed E-state index contributed by atoms with van der Waals surface area (Å²) in [6.45, 7) is 0.0924. The fourth-order valence-corrected chi connectivity index (χ4v) is 2.29. The van der Waals surface area contributed by atoms with Crippen molar-refractivity contribution in [3.8, 4) is 11.1 Å². The van der Waals surface area contributed by atoms with E-state index in [-0.39, 0.29) is 6.54 Å². The highest BCUT2D eigenvalue weighted by Crippen LogP contribution is 2.33. The summed E-state index contributed by atoms with van der Waals surface area (Å²) in [6, 6.07) is 5.55. The first-order valence-electron chi connectivity index (χ1n) is 4.95. The molecule has 0 spiro atoms. The SMILES string of the molecule is NCc1cc(C(F)(F)F)ccc1-c1ccsc1. The lowest BCUT2D eigenvalue weighted by Gasteiger charge is -2.11. The molecule has 0 aliphatic carbocycles. The van der Waals surface area contributed by atoms with Crippen molar-refractivity contribution in [2.75, 3.05) is 0 Å². The highest BCUT2D eigenvalue weighted by Gasteiger charge is 2.30. The number of nitrogens with two attached hydrogens (primary N) is 1. The van der Waals surface area contributed by atoms with Gasteiger partial charge in [-0.15, -0.1) is 0 Å². The van der Waals surface area contributed by atoms with Crippen LogP contribution in [0.3, 0.4) is 0 Å². The Hall–Kier alpha value is -1.33. The van der Waals surface area contributed by atoms with Gasteiger partial charge in [0.25, 0.3) is 0 Å². The third-order valence-corrected chi connectivity index (χ3v) is 3.17. The number of hydrogen-bond acceptors (Lipinski definition) is 2. The first-order valence-corrected chi connectivity index (χ1v) is 5.89. The fourth-order valence-electron chi connectivity index (χ4n) is 1.64. The van der Waals surface area contributed by atoms with Crippen LogP contribution in [0.1, 0.15) is 11.1 Å². The van der Waals surface area contributed by atoms with E-state index in [1.165, 1.54) is 17.4 Å². The van der Waals surface area contributed by atoms with Gasteiger partial charge in [0.15, 0.2) is 0 Å². The minimum Gasteiger partial charge on any atom is -0.326 e. The Labute approximate surface area is 101 Å². The van der Waals surface area contributed by atoms with E-state index in [0.717, 1.165) is 23.3 Å². The van der Waals surface area contributed by atoms with Gasteiger partial charge in [0.1, 0.15) is 0 Å². The number of thiophene rings is 1. The maximum absolute atomic E-state index is 12.5. The molecule has 0 radical (unpaired) electrons. The number of benzene rings is 1. The summed E-state index contributed by atoms with van der Waals surface area (Å²) in [6.07, 6.45) is -4.32. The summed E-state index contributed by atoms with van der Waals surface area (Å²) in [4.78, 5) is 0. The van der Waals surface area contributed by atoms with E-state index in [4.69, 9.17) is 5.73 Å². The molecule has 17 heavy (non-hydrogen) atoms. The lowest BCUT2D eigenvalue weighted by atomic mass is 9.99. The monoisotopic (exact) mass is 257 g/mol. The summed E-state index contributed by atoms with van der Waals surface area (Å²) in [5.74, 6) is 0. The summed E-state index contributed by atoms with van der Waals surface area (Å²) in [5, 5.41) is 3.77. The maximum atomic E-state index is 12.5. The summed E-state index contributed by atoms with van der Waals surface area (Å²) >= 11 is 1.50. The largest absolute Gasteiger partial charge is 0.416 e. The van der Waals surface area contributed by atoms with Gasteiger partial charge in [0, 0.05) is 6.54 Å². The van der Waals surface area contributed by atoms with Crippen LogP contribution in [0.2, 0.25) is 0 Å². The highest BCUT2D eigenvalue weighted by atomic mass is 32.1. The molecule has 5 heteroatoms. The molecule has 1 heterocycles. The van der Waals surface area contributed by atoms with Crippen molar-refractivity contribution in [1.29, 1.82) is 0 Å². The van der Waals surface area contributed by atoms with Crippen molar-refractivity contribution < 1.29 is 13.2 Å². The molecule has 0 saturated carbocycles. The number of hydrogen-bond donors (Lipinski definition) is 1. The first kappa shape index (κ1) is 12.1. The Morgan fingerprint density at radius 2 is 1.94 bits per heavy atom. The van der Waals surface area contributed by atoms with E-state index in [0.29, 0.717) is 5.56 Å². The normalized spacial score (nSPS) is 11.8. The molecule has 2 N–H and O–H groups in total. The van der Waals surface area contributed by atoms with Crippen LogP contribution in [-0.4, -0.2) is 0 Å². The second kappa shape index (κ2) is 4.50. The lowest BCUT2D eigenvalue weighted by Crippen LogP contribution is -2.07. The topological polar surface area (TPSA) is 26.0 Å². The highest BCUT2D eigenvalue weighted by molar-refractivity contribution is 7.08. The molecular weight excluding hydrogens is 247 g/mol. The Morgan fingerprint density at radius 1 is 1.18 bits per heavy atom. The molecular formula is C12H10F3NS. The smallest absolute Gasteiger partial charge is 0.326 e. The van der Waals surface area contributed by atoms with Crippen molar-refractivity contribution in [3.63, 3.8) is 0 Å². The molecule has 1 nitrogen and oxygen atoms in total. The van der Waals surface area contributed by atoms with Crippen LogP contribution >= 0.6 is 11.3 Å². The van der Waals surface area contributed by atoms with Crippen molar-refractivity contribution in [2.45, 2.75) is 12.7 Å². The maximum Gasteiger partial charge on any atom is 0.416 e. The van der Waals surface area contributed by atoms with Gasteiger partial charge in [-0.2, -0.15) is 24.5 Å². The molecule has 0 unspecified atom stereocenters. The zero-order valence-corrected chi connectivity index (χ0v) is 9.61. The van der Waals surface area contributed by atoms with Gasteiger partial charge in [-0.05, 0) is 45.6 Å². The molecule has 1 aromatic carbocycles. The van der Waals surface area contributed by atoms with Gasteiger partial charge in [-0.3, -0.25) is 0 Å². The minimum atomic E-state index is -4.32. The molecule has 0 fully saturated rings. The molecule has 1 aromatic heterocycles. The standard InChI is InChI=1S/C12H10F3NS/c13-12(14,15)10-1-2-11(9(5-10)6-16)8-3-4-17-7-8/h1-5,7H,6,16H2. The molecule has 0 saturated heterocycles. The number of alkyl halides is 3. The average molecular weight is 257 g/mol. The summed E-state index contributed by atoms with van der Waals surface area (Å²) in [5.41, 5.74) is 7.03. The molecule has 0 aliphatic rings. The zero-order chi connectivity index (χ0) is 12.5.